The maximum atomic E-state index is 12.0. The monoisotopic (exact) mass is 250 g/mol. The average molecular weight is 250 g/mol. The Bertz CT molecular complexity index is 396. The summed E-state index contributed by atoms with van der Waals surface area (Å²) in [7, 11) is 0. The molecule has 3 nitrogen and oxygen atoms in total. The van der Waals surface area contributed by atoms with E-state index in [1.165, 1.54) is 0 Å². The first-order valence-electron chi connectivity index (χ1n) is 6.43. The Balaban J connectivity index is 3.03. The molecule has 0 heterocycles. The topological polar surface area (TPSA) is 35.5 Å². The van der Waals surface area contributed by atoms with Gasteiger partial charge in [0, 0.05) is 5.56 Å². The summed E-state index contributed by atoms with van der Waals surface area (Å²) in [6.45, 7) is 8.63. The van der Waals surface area contributed by atoms with E-state index in [4.69, 9.17) is 9.47 Å². The predicted octanol–water partition coefficient (Wildman–Crippen LogP) is 3.32. The van der Waals surface area contributed by atoms with Gasteiger partial charge in [-0.2, -0.15) is 0 Å². The van der Waals surface area contributed by atoms with Gasteiger partial charge in [-0.1, -0.05) is 25.1 Å². The lowest BCUT2D eigenvalue weighted by molar-refractivity contribution is -0.148. The van der Waals surface area contributed by atoms with Gasteiger partial charge >= 0.3 is 5.97 Å². The number of rotatable bonds is 6. The summed E-state index contributed by atoms with van der Waals surface area (Å²) >= 11 is 0. The lowest BCUT2D eigenvalue weighted by atomic mass is 9.84. The van der Waals surface area contributed by atoms with Gasteiger partial charge in [0.05, 0.1) is 18.6 Å². The predicted molar refractivity (Wildman–Crippen MR) is 71.9 cm³/mol. The number of carbonyl (C=O) groups is 1. The lowest BCUT2D eigenvalue weighted by Gasteiger charge is -2.25. The third-order valence-electron chi connectivity index (χ3n) is 2.81. The van der Waals surface area contributed by atoms with Crippen molar-refractivity contribution in [1.82, 2.24) is 0 Å². The Morgan fingerprint density at radius 3 is 2.50 bits per heavy atom. The van der Waals surface area contributed by atoms with Crippen molar-refractivity contribution in [2.45, 2.75) is 39.5 Å². The molecular formula is C15H22O3. The van der Waals surface area contributed by atoms with Gasteiger partial charge in [-0.15, -0.1) is 0 Å². The second-order valence-electron chi connectivity index (χ2n) is 4.69. The zero-order chi connectivity index (χ0) is 13.6. The minimum atomic E-state index is -0.694. The molecule has 0 atom stereocenters. The molecule has 100 valence electrons. The fraction of sp³-hybridized carbons (Fsp3) is 0.533. The summed E-state index contributed by atoms with van der Waals surface area (Å²) in [6, 6.07) is 7.64. The molecule has 0 aliphatic heterocycles. The highest BCUT2D eigenvalue weighted by Crippen LogP contribution is 2.32. The lowest BCUT2D eigenvalue weighted by Crippen LogP contribution is -2.31. The van der Waals surface area contributed by atoms with Crippen LogP contribution in [0.1, 0.15) is 39.7 Å². The number of ether oxygens (including phenoxy) is 2. The average Bonchev–Trinajstić information content (AvgIpc) is 2.37. The fourth-order valence-corrected chi connectivity index (χ4v) is 1.74. The molecule has 1 rings (SSSR count). The van der Waals surface area contributed by atoms with Crippen LogP contribution in [-0.2, 0) is 14.9 Å². The summed E-state index contributed by atoms with van der Waals surface area (Å²) in [5.74, 6) is 0.537. The van der Waals surface area contributed by atoms with Crippen molar-refractivity contribution in [1.29, 1.82) is 0 Å². The maximum absolute atomic E-state index is 12.0. The van der Waals surface area contributed by atoms with Crippen LogP contribution in [0.4, 0.5) is 0 Å². The van der Waals surface area contributed by atoms with Crippen molar-refractivity contribution in [3.05, 3.63) is 29.8 Å². The second kappa shape index (κ2) is 6.43. The van der Waals surface area contributed by atoms with Crippen molar-refractivity contribution in [3.8, 4) is 5.75 Å². The molecule has 0 N–H and O–H groups in total. The number of benzene rings is 1. The van der Waals surface area contributed by atoms with E-state index < -0.39 is 5.41 Å². The van der Waals surface area contributed by atoms with Crippen molar-refractivity contribution in [2.24, 2.45) is 0 Å². The normalized spacial score (nSPS) is 11.1. The van der Waals surface area contributed by atoms with Crippen LogP contribution in [0, 0.1) is 0 Å². The van der Waals surface area contributed by atoms with Crippen molar-refractivity contribution in [3.63, 3.8) is 0 Å². The zero-order valence-corrected chi connectivity index (χ0v) is 11.7. The maximum Gasteiger partial charge on any atom is 0.316 e. The van der Waals surface area contributed by atoms with Gasteiger partial charge in [-0.05, 0) is 33.3 Å². The third-order valence-corrected chi connectivity index (χ3v) is 2.81. The summed E-state index contributed by atoms with van der Waals surface area (Å²) in [5, 5.41) is 0. The Labute approximate surface area is 109 Å². The van der Waals surface area contributed by atoms with E-state index in [1.54, 1.807) is 0 Å². The summed E-state index contributed by atoms with van der Waals surface area (Å²) < 4.78 is 10.8. The quantitative estimate of drug-likeness (QED) is 0.727. The minimum Gasteiger partial charge on any atom is -0.493 e. The Hall–Kier alpha value is -1.51. The fourth-order valence-electron chi connectivity index (χ4n) is 1.74. The van der Waals surface area contributed by atoms with Gasteiger partial charge < -0.3 is 9.47 Å². The summed E-state index contributed by atoms with van der Waals surface area (Å²) in [5.41, 5.74) is 0.178. The molecule has 0 aliphatic rings. The zero-order valence-electron chi connectivity index (χ0n) is 11.7. The number of hydrogen-bond acceptors (Lipinski definition) is 3. The number of carbonyl (C=O) groups excluding carboxylic acids is 1. The smallest absolute Gasteiger partial charge is 0.316 e. The highest BCUT2D eigenvalue weighted by atomic mass is 16.5. The van der Waals surface area contributed by atoms with Crippen LogP contribution in [-0.4, -0.2) is 19.2 Å². The van der Waals surface area contributed by atoms with E-state index in [2.05, 4.69) is 6.92 Å². The first kappa shape index (κ1) is 14.6. The first-order valence-corrected chi connectivity index (χ1v) is 6.43. The van der Waals surface area contributed by atoms with E-state index in [0.717, 1.165) is 17.7 Å². The van der Waals surface area contributed by atoms with E-state index in [1.807, 2.05) is 45.0 Å². The van der Waals surface area contributed by atoms with E-state index in [9.17, 15) is 4.79 Å². The molecule has 0 saturated carbocycles. The summed E-state index contributed by atoms with van der Waals surface area (Å²) in [6.07, 6.45) is 0.939. The molecule has 0 aromatic heterocycles. The number of esters is 1. The molecule has 1 aromatic rings. The first-order chi connectivity index (χ1) is 8.54. The second-order valence-corrected chi connectivity index (χ2v) is 4.69. The molecule has 0 bridgehead atoms. The van der Waals surface area contributed by atoms with Crippen LogP contribution in [0.5, 0.6) is 5.75 Å². The summed E-state index contributed by atoms with van der Waals surface area (Å²) in [4.78, 5) is 12.0. The molecule has 3 heteroatoms. The standard InChI is InChI=1S/C15H22O3/c1-5-11-18-13-10-8-7-9-12(13)15(3,4)14(16)17-6-2/h7-10H,5-6,11H2,1-4H3. The highest BCUT2D eigenvalue weighted by Gasteiger charge is 2.33. The van der Waals surface area contributed by atoms with E-state index in [0.29, 0.717) is 13.2 Å². The Morgan fingerprint density at radius 1 is 1.22 bits per heavy atom. The molecule has 0 unspecified atom stereocenters. The van der Waals surface area contributed by atoms with Gasteiger partial charge in [0.25, 0.3) is 0 Å². The molecule has 0 aliphatic carbocycles. The van der Waals surface area contributed by atoms with E-state index >= 15 is 0 Å². The number of para-hydroxylation sites is 1. The molecule has 0 fully saturated rings. The van der Waals surface area contributed by atoms with Crippen molar-refractivity contribution in [2.75, 3.05) is 13.2 Å². The van der Waals surface area contributed by atoms with Crippen LogP contribution < -0.4 is 4.74 Å². The molecule has 0 radical (unpaired) electrons. The molecule has 0 amide bonds. The van der Waals surface area contributed by atoms with E-state index in [-0.39, 0.29) is 5.97 Å². The van der Waals surface area contributed by atoms with Crippen LogP contribution in [0.25, 0.3) is 0 Å². The molecule has 18 heavy (non-hydrogen) atoms. The van der Waals surface area contributed by atoms with Gasteiger partial charge in [0.15, 0.2) is 0 Å². The van der Waals surface area contributed by atoms with Crippen molar-refractivity contribution < 1.29 is 14.3 Å². The molecular weight excluding hydrogens is 228 g/mol. The van der Waals surface area contributed by atoms with Gasteiger partial charge in [-0.3, -0.25) is 4.79 Å². The SMILES string of the molecule is CCCOc1ccccc1C(C)(C)C(=O)OCC. The van der Waals surface area contributed by atoms with Crippen LogP contribution in [0.3, 0.4) is 0 Å². The van der Waals surface area contributed by atoms with Crippen LogP contribution >= 0.6 is 0 Å². The van der Waals surface area contributed by atoms with Gasteiger partial charge in [0.1, 0.15) is 5.75 Å². The third kappa shape index (κ3) is 3.25. The molecule has 0 saturated heterocycles. The highest BCUT2D eigenvalue weighted by molar-refractivity contribution is 5.83. The Morgan fingerprint density at radius 2 is 1.89 bits per heavy atom. The number of hydrogen-bond donors (Lipinski definition) is 0. The minimum absolute atomic E-state index is 0.224. The van der Waals surface area contributed by atoms with Crippen molar-refractivity contribution >= 4 is 5.97 Å². The van der Waals surface area contributed by atoms with Gasteiger partial charge in [-0.25, -0.2) is 0 Å². The van der Waals surface area contributed by atoms with Crippen LogP contribution in [0.15, 0.2) is 24.3 Å². The molecule has 1 aromatic carbocycles. The van der Waals surface area contributed by atoms with Crippen LogP contribution in [0.2, 0.25) is 0 Å². The largest absolute Gasteiger partial charge is 0.493 e. The molecule has 0 spiro atoms. The van der Waals surface area contributed by atoms with Gasteiger partial charge in [0.2, 0.25) is 0 Å². The Kier molecular flexibility index (Phi) is 5.20.